The fourth-order valence-electron chi connectivity index (χ4n) is 13.5. The Morgan fingerprint density at radius 1 is 0.574 bits per heavy atom. The van der Waals surface area contributed by atoms with E-state index in [4.69, 9.17) is 16.2 Å². The molecule has 7 rings (SSSR count). The first-order valence-electron chi connectivity index (χ1n) is 39.3. The van der Waals surface area contributed by atoms with Gasteiger partial charge in [-0.1, -0.05) is 105 Å². The van der Waals surface area contributed by atoms with Gasteiger partial charge in [0.15, 0.2) is 0 Å². The Bertz CT molecular complexity index is 4280. The van der Waals surface area contributed by atoms with Crippen LogP contribution in [-0.2, 0) is 76.7 Å². The lowest BCUT2D eigenvalue weighted by molar-refractivity contribution is -0.157. The molecule has 0 spiro atoms. The number of aromatic amines is 3. The Morgan fingerprint density at radius 3 is 1.80 bits per heavy atom. The fourth-order valence-corrected chi connectivity index (χ4v) is 13.5. The van der Waals surface area contributed by atoms with E-state index in [1.807, 2.05) is 12.1 Å². The molecule has 1 aliphatic rings. The van der Waals surface area contributed by atoms with Gasteiger partial charge in [0.05, 0.1) is 44.0 Å². The number of phenolic OH excluding ortho intramolecular Hbond substituents is 1. The topological polar surface area (TPSA) is 550 Å². The van der Waals surface area contributed by atoms with E-state index in [2.05, 4.69) is 97.6 Å². The average Bonchev–Trinajstić information content (AvgIpc) is 1.78. The molecule has 36 nitrogen and oxygen atoms in total. The number of ether oxygens (including phenoxy) is 1. The van der Waals surface area contributed by atoms with Crippen LogP contribution in [0.25, 0.3) is 21.8 Å². The summed E-state index contributed by atoms with van der Waals surface area (Å²) in [5.41, 5.74) is 13.6. The number of benzene rings is 2. The number of hydrogen-bond donors (Lipinski definition) is 19. The minimum absolute atomic E-state index is 0.0220. The summed E-state index contributed by atoms with van der Waals surface area (Å²) in [6.45, 7) is 9.12. The Labute approximate surface area is 666 Å². The number of esters is 1. The van der Waals surface area contributed by atoms with Gasteiger partial charge in [0.1, 0.15) is 59.8 Å². The zero-order valence-corrected chi connectivity index (χ0v) is 66.0. The molecule has 6 aromatic rings. The van der Waals surface area contributed by atoms with Gasteiger partial charge in [0.2, 0.25) is 53.2 Å². The normalized spacial score (nSPS) is 21.4. The molecule has 12 amide bonds. The maximum atomic E-state index is 14.7. The highest BCUT2D eigenvalue weighted by Gasteiger charge is 2.37. The third-order valence-electron chi connectivity index (χ3n) is 19.6. The second-order valence-corrected chi connectivity index (χ2v) is 30.0. The maximum absolute atomic E-state index is 14.7. The number of primary amides is 1. The van der Waals surface area contributed by atoms with Crippen molar-refractivity contribution in [3.8, 4) is 5.75 Å². The van der Waals surface area contributed by atoms with Gasteiger partial charge < -0.3 is 105 Å². The number of fused-ring (bicyclic) bond motifs is 3. The number of imidazole rings is 1. The molecule has 9 atom stereocenters. The minimum Gasteiger partial charge on any atom is -0.508 e. The number of nitrogens with one attached hydrogen (secondary N) is 15. The number of aromatic hydroxyl groups is 1. The Kier molecular flexibility index (Phi) is 36.1. The minimum atomic E-state index is -1.79. The molecule has 0 aliphatic carbocycles. The molecule has 21 N–H and O–H groups in total. The zero-order valence-electron chi connectivity index (χ0n) is 66.0. The Balaban J connectivity index is 1.21. The molecule has 1 aliphatic heterocycles. The van der Waals surface area contributed by atoms with Crippen LogP contribution in [0.5, 0.6) is 5.75 Å². The molecular weight excluding hydrogens is 1490 g/mol. The summed E-state index contributed by atoms with van der Waals surface area (Å²) < 4.78 is 6.94. The second-order valence-electron chi connectivity index (χ2n) is 30.0. The summed E-state index contributed by atoms with van der Waals surface area (Å²) in [5.74, 6) is -12.9. The van der Waals surface area contributed by atoms with E-state index in [-0.39, 0.29) is 89.0 Å². The van der Waals surface area contributed by atoms with Crippen molar-refractivity contribution in [2.24, 2.45) is 29.2 Å². The van der Waals surface area contributed by atoms with Gasteiger partial charge in [0.25, 0.3) is 11.8 Å². The van der Waals surface area contributed by atoms with Crippen molar-refractivity contribution >= 4 is 105 Å². The number of cyclic esters (lactones) is 1. The van der Waals surface area contributed by atoms with E-state index in [1.165, 1.54) is 43.0 Å². The van der Waals surface area contributed by atoms with Gasteiger partial charge in [-0.05, 0) is 110 Å². The molecule has 0 bridgehead atoms. The van der Waals surface area contributed by atoms with Crippen LogP contribution in [0.1, 0.15) is 170 Å². The number of unbranched alkanes of at least 4 members (excludes halogenated alkanes) is 6. The van der Waals surface area contributed by atoms with Crippen LogP contribution in [-0.4, -0.2) is 211 Å². The molecule has 0 saturated heterocycles. The number of carboxylic acid groups (broad SMARTS) is 1. The van der Waals surface area contributed by atoms with E-state index in [0.29, 0.717) is 46.5 Å². The number of amides is 12. The molecule has 2 aromatic carbocycles. The van der Waals surface area contributed by atoms with E-state index < -0.39 is 175 Å². The lowest BCUT2D eigenvalue weighted by Gasteiger charge is -2.27. The standard InChI is InChI=1S/C79H113N19O17/c1-45(2)19-12-10-8-7-9-11-13-20-52-37-64(100)91-57(23-16-28-80)72(107)95-61(35-50-41-82-44-90-50)74(109)97-69(47(5)6)77(112)98-32-18-25-63(98)75(110)89-43-65(101)92-58(24-17-29-85-79(81)114)73(108)94-60(34-49-40-87-56-27-26-51(99)36-54(49)56)71(106)88-42-66(102)93-59(33-48-39-86-55-22-15-14-21-53(48)55)70(105)84-31-30-83-68(46(3)4)76(111)96-62(38-67(103)104)78(113)115-52/h14-15,18,21-22,25-27,32,36,39-41,44-47,52,57-62,68-69,83,86-87,99H,7-13,16-17,19-20,23-24,28-31,33-35,37-38,42-43,80H2,1-6H3,(H,82,90)(H,84,105)(H,88,106)(H,89,110)(H,91,100)(H,92,101)(H,93,102)(H,94,108)(H,95,107)(H,96,111)(H,97,109)(H,103,104)(H3,81,85,114). The Hall–Kier alpha value is -11.7. The summed E-state index contributed by atoms with van der Waals surface area (Å²) >= 11 is 0. The highest BCUT2D eigenvalue weighted by molar-refractivity contribution is 6.02. The number of nitrogens with two attached hydrogens (primary N) is 2. The van der Waals surface area contributed by atoms with E-state index in [1.54, 1.807) is 58.3 Å². The van der Waals surface area contributed by atoms with Crippen molar-refractivity contribution in [3.05, 3.63) is 108 Å². The predicted molar refractivity (Wildman–Crippen MR) is 425 cm³/mol. The Morgan fingerprint density at radius 2 is 1.16 bits per heavy atom. The van der Waals surface area contributed by atoms with E-state index in [9.17, 15) is 77.3 Å². The van der Waals surface area contributed by atoms with Gasteiger partial charge in [-0.15, -0.1) is 0 Å². The largest absolute Gasteiger partial charge is 0.508 e. The molecular formula is C79H113N19O17. The zero-order chi connectivity index (χ0) is 83.7. The highest BCUT2D eigenvalue weighted by Crippen LogP contribution is 2.26. The summed E-state index contributed by atoms with van der Waals surface area (Å²) in [4.78, 5) is 211. The van der Waals surface area contributed by atoms with Crippen molar-refractivity contribution in [3.63, 3.8) is 0 Å². The summed E-state index contributed by atoms with van der Waals surface area (Å²) in [6.07, 6.45) is 11.2. The highest BCUT2D eigenvalue weighted by atomic mass is 16.5. The summed E-state index contributed by atoms with van der Waals surface area (Å²) in [6, 6.07) is 1.91. The number of H-pyrrole nitrogens is 3. The predicted octanol–water partition coefficient (Wildman–Crippen LogP) is 2.02. The van der Waals surface area contributed by atoms with E-state index in [0.717, 1.165) is 54.0 Å². The molecule has 0 radical (unpaired) electrons. The van der Waals surface area contributed by atoms with Crippen molar-refractivity contribution < 1.29 is 82.1 Å². The third kappa shape index (κ3) is 29.3. The SMILES string of the molecule is CC(C)CCCCCCCCCC1CC(=O)NC(CCCN)C(=O)NC(Cc2c[nH]cn2)C(=O)NC(C(C)C)C(=O)n2cccc2C(=O)NCC(=O)NC(CCCNC(N)=O)C(=O)NC(Cc2c[nH]c3ccc(O)cc23)C(=O)NCC(=O)NC(Cc2c[nH]c3ccccc23)C(=O)NCCNC(C(C)C)C(=O)NC(CC(=O)O)C(=O)O1. The number of hydrogen-bond acceptors (Lipinski definition) is 19. The van der Waals surface area contributed by atoms with Crippen molar-refractivity contribution in [2.75, 3.05) is 39.3 Å². The molecule has 0 fully saturated rings. The first-order chi connectivity index (χ1) is 55.0. The van der Waals surface area contributed by atoms with Crippen LogP contribution in [0, 0.1) is 17.8 Å². The molecule has 0 saturated carbocycles. The van der Waals surface area contributed by atoms with Gasteiger partial charge in [0, 0.05) is 85.5 Å². The number of carbonyl (C=O) groups is 14. The number of carbonyl (C=O) groups excluding carboxylic acids is 13. The number of aliphatic carboxylic acids is 1. The number of urea groups is 1. The van der Waals surface area contributed by atoms with Crippen LogP contribution in [0.3, 0.4) is 0 Å². The van der Waals surface area contributed by atoms with Crippen LogP contribution in [0.15, 0.2) is 85.7 Å². The molecule has 115 heavy (non-hydrogen) atoms. The van der Waals surface area contributed by atoms with Gasteiger partial charge in [-0.3, -0.25) is 62.1 Å². The average molecular weight is 1600 g/mol. The van der Waals surface area contributed by atoms with Gasteiger partial charge >= 0.3 is 18.0 Å². The lowest BCUT2D eigenvalue weighted by atomic mass is 10.0. The monoisotopic (exact) mass is 1600 g/mol. The molecule has 5 heterocycles. The van der Waals surface area contributed by atoms with E-state index >= 15 is 0 Å². The quantitative estimate of drug-likeness (QED) is 0.0259. The van der Waals surface area contributed by atoms with Crippen molar-refractivity contribution in [2.45, 2.75) is 212 Å². The number of rotatable bonds is 27. The van der Waals surface area contributed by atoms with Crippen LogP contribution in [0.2, 0.25) is 0 Å². The number of para-hydroxylation sites is 1. The maximum Gasteiger partial charge on any atom is 0.329 e. The van der Waals surface area contributed by atoms with Crippen LogP contribution >= 0.6 is 0 Å². The summed E-state index contributed by atoms with van der Waals surface area (Å²) in [5, 5.41) is 53.8. The number of aromatic nitrogens is 5. The molecule has 9 unspecified atom stereocenters. The smallest absolute Gasteiger partial charge is 0.329 e. The fraction of sp³-hybridized carbons (Fsp3) is 0.532. The second kappa shape index (κ2) is 45.9. The first kappa shape index (κ1) is 90.5. The van der Waals surface area contributed by atoms with Crippen molar-refractivity contribution in [1.82, 2.24) is 88.3 Å². The number of nitrogens with zero attached hydrogens (tertiary/aromatic N) is 2. The molecule has 36 heteroatoms. The van der Waals surface area contributed by atoms with Gasteiger partial charge in [-0.25, -0.2) is 14.6 Å². The third-order valence-corrected chi connectivity index (χ3v) is 19.6. The van der Waals surface area contributed by atoms with Crippen molar-refractivity contribution in [1.29, 1.82) is 0 Å². The van der Waals surface area contributed by atoms with Gasteiger partial charge in [-0.2, -0.15) is 0 Å². The number of phenols is 1. The van der Waals surface area contributed by atoms with Crippen LogP contribution < -0.4 is 75.3 Å². The molecule has 4 aromatic heterocycles. The number of carboxylic acids is 1. The summed E-state index contributed by atoms with van der Waals surface area (Å²) in [7, 11) is 0. The lowest BCUT2D eigenvalue weighted by Crippen LogP contribution is -2.58. The molecule has 626 valence electrons. The van der Waals surface area contributed by atoms with Crippen LogP contribution in [0.4, 0.5) is 4.79 Å². The first-order valence-corrected chi connectivity index (χ1v) is 39.3.